The summed E-state index contributed by atoms with van der Waals surface area (Å²) in [4.78, 5) is 0. The van der Waals surface area contributed by atoms with Gasteiger partial charge in [0.05, 0.1) is 5.60 Å². The highest BCUT2D eigenvalue weighted by Gasteiger charge is 2.72. The highest BCUT2D eigenvalue weighted by atomic mass is 79.9. The first-order valence-electron chi connectivity index (χ1n) is 9.61. The minimum atomic E-state index is -4.60. The van der Waals surface area contributed by atoms with Gasteiger partial charge in [-0.3, -0.25) is 0 Å². The molecule has 0 aromatic carbocycles. The number of alkyl halides is 4. The second-order valence-electron chi connectivity index (χ2n) is 9.16. The molecule has 0 radical (unpaired) electrons. The number of hydrogen-bond donors (Lipinski definition) is 1. The molecule has 1 saturated carbocycles. The van der Waals surface area contributed by atoms with Gasteiger partial charge in [-0.15, -0.1) is 0 Å². The molecule has 0 spiro atoms. The van der Waals surface area contributed by atoms with Crippen LogP contribution in [-0.2, 0) is 9.47 Å². The molecular formula is C19H30BrF3O3. The maximum absolute atomic E-state index is 13.9. The Morgan fingerprint density at radius 3 is 2.23 bits per heavy atom. The molecule has 8 atom stereocenters. The standard InChI is InChI=1S/C19H30BrF3O3/c1-10(2)16(5)9-8-13-11(3)6-7-14-12(4)18(20,19(21,22)23)26-15(25-16)17(13,14)24/h10-15,24H,6-9H2,1-5H3/t11-,12-,13+,14+,15+,16+,17-,18-/m1/s1. The van der Waals surface area contributed by atoms with Gasteiger partial charge in [0.2, 0.25) is 4.51 Å². The normalized spacial score (nSPS) is 52.5. The Morgan fingerprint density at radius 1 is 1.08 bits per heavy atom. The molecule has 26 heavy (non-hydrogen) atoms. The first kappa shape index (κ1) is 20.9. The number of aliphatic hydroxyl groups is 1. The van der Waals surface area contributed by atoms with Crippen LogP contribution in [0.4, 0.5) is 13.2 Å². The van der Waals surface area contributed by atoms with E-state index in [9.17, 15) is 18.3 Å². The van der Waals surface area contributed by atoms with Crippen LogP contribution in [0.5, 0.6) is 0 Å². The summed E-state index contributed by atoms with van der Waals surface area (Å²) < 4.78 is 51.0. The molecule has 3 aliphatic rings. The van der Waals surface area contributed by atoms with Gasteiger partial charge in [0.25, 0.3) is 0 Å². The second-order valence-corrected chi connectivity index (χ2v) is 10.3. The summed E-state index contributed by atoms with van der Waals surface area (Å²) in [6.45, 7) is 9.52. The molecule has 2 saturated heterocycles. The van der Waals surface area contributed by atoms with E-state index in [0.717, 1.165) is 12.8 Å². The van der Waals surface area contributed by atoms with E-state index in [0.29, 0.717) is 12.8 Å². The summed E-state index contributed by atoms with van der Waals surface area (Å²) in [7, 11) is 0. The molecule has 3 nitrogen and oxygen atoms in total. The van der Waals surface area contributed by atoms with Gasteiger partial charge in [-0.05, 0) is 72.2 Å². The van der Waals surface area contributed by atoms with Crippen molar-refractivity contribution in [3.05, 3.63) is 0 Å². The van der Waals surface area contributed by atoms with Gasteiger partial charge >= 0.3 is 6.18 Å². The van der Waals surface area contributed by atoms with Crippen LogP contribution in [0.15, 0.2) is 0 Å². The fourth-order valence-corrected chi connectivity index (χ4v) is 5.84. The third-order valence-corrected chi connectivity index (χ3v) is 8.95. The number of halogens is 4. The zero-order valence-electron chi connectivity index (χ0n) is 16.1. The molecule has 0 aromatic heterocycles. The van der Waals surface area contributed by atoms with Crippen LogP contribution in [0, 0.1) is 29.6 Å². The molecule has 2 heterocycles. The topological polar surface area (TPSA) is 38.7 Å². The molecule has 2 aliphatic heterocycles. The van der Waals surface area contributed by atoms with E-state index in [1.165, 1.54) is 6.92 Å². The number of hydrogen-bond acceptors (Lipinski definition) is 3. The van der Waals surface area contributed by atoms with Gasteiger partial charge in [0.1, 0.15) is 5.60 Å². The zero-order valence-corrected chi connectivity index (χ0v) is 17.7. The predicted octanol–water partition coefficient (Wildman–Crippen LogP) is 5.25. The average molecular weight is 443 g/mol. The van der Waals surface area contributed by atoms with Crippen molar-refractivity contribution in [3.8, 4) is 0 Å². The molecule has 3 fully saturated rings. The molecule has 0 amide bonds. The summed E-state index contributed by atoms with van der Waals surface area (Å²) in [5, 5.41) is 11.8. The SMILES string of the molecule is CC(C)[C@]1(C)CC[C@H]2[C@H](C)CC[C@H]3[C@@H](C)[C@](Br)(C(F)(F)F)O[C@H](O1)[C@@]23O. The zero-order chi connectivity index (χ0) is 19.7. The average Bonchev–Trinajstić information content (AvgIpc) is 2.62. The van der Waals surface area contributed by atoms with E-state index in [4.69, 9.17) is 9.47 Å². The van der Waals surface area contributed by atoms with Crippen LogP contribution in [0.3, 0.4) is 0 Å². The molecule has 7 heteroatoms. The van der Waals surface area contributed by atoms with Crippen molar-refractivity contribution in [2.45, 2.75) is 88.5 Å². The monoisotopic (exact) mass is 442 g/mol. The van der Waals surface area contributed by atoms with Gasteiger partial charge in [-0.1, -0.05) is 27.7 Å². The molecule has 152 valence electrons. The van der Waals surface area contributed by atoms with Crippen molar-refractivity contribution >= 4 is 15.9 Å². The minimum Gasteiger partial charge on any atom is -0.384 e. The lowest BCUT2D eigenvalue weighted by Crippen LogP contribution is -2.71. The van der Waals surface area contributed by atoms with Crippen LogP contribution >= 0.6 is 15.9 Å². The molecule has 0 bridgehead atoms. The lowest BCUT2D eigenvalue weighted by atomic mass is 9.57. The van der Waals surface area contributed by atoms with Crippen LogP contribution in [0.1, 0.15) is 60.3 Å². The maximum Gasteiger partial charge on any atom is 0.427 e. The van der Waals surface area contributed by atoms with Crippen molar-refractivity contribution < 1.29 is 27.8 Å². The number of ether oxygens (including phenoxy) is 2. The summed E-state index contributed by atoms with van der Waals surface area (Å²) in [5.41, 5.74) is -2.03. The summed E-state index contributed by atoms with van der Waals surface area (Å²) in [6, 6.07) is 0. The first-order chi connectivity index (χ1) is 11.8. The van der Waals surface area contributed by atoms with Gasteiger partial charge in [-0.2, -0.15) is 13.2 Å². The quantitative estimate of drug-likeness (QED) is 0.563. The second kappa shape index (κ2) is 6.33. The van der Waals surface area contributed by atoms with E-state index in [2.05, 4.69) is 22.9 Å². The predicted molar refractivity (Wildman–Crippen MR) is 95.6 cm³/mol. The highest BCUT2D eigenvalue weighted by Crippen LogP contribution is 2.62. The lowest BCUT2D eigenvalue weighted by Gasteiger charge is -2.60. The minimum absolute atomic E-state index is 0.0959. The van der Waals surface area contributed by atoms with Gasteiger partial charge in [0.15, 0.2) is 6.29 Å². The van der Waals surface area contributed by atoms with Gasteiger partial charge in [0, 0.05) is 5.92 Å². The molecule has 1 aliphatic carbocycles. The lowest BCUT2D eigenvalue weighted by molar-refractivity contribution is -0.401. The Morgan fingerprint density at radius 2 is 1.69 bits per heavy atom. The van der Waals surface area contributed by atoms with Gasteiger partial charge < -0.3 is 14.6 Å². The molecule has 3 rings (SSSR count). The summed E-state index contributed by atoms with van der Waals surface area (Å²) >= 11 is 2.87. The summed E-state index contributed by atoms with van der Waals surface area (Å²) in [5.74, 6) is -1.25. The fourth-order valence-electron chi connectivity index (χ4n) is 5.35. The van der Waals surface area contributed by atoms with Crippen LogP contribution in [0.2, 0.25) is 0 Å². The highest BCUT2D eigenvalue weighted by molar-refractivity contribution is 9.10. The van der Waals surface area contributed by atoms with Crippen molar-refractivity contribution in [1.29, 1.82) is 0 Å². The van der Waals surface area contributed by atoms with E-state index in [-0.39, 0.29) is 17.8 Å². The molecule has 0 unspecified atom stereocenters. The van der Waals surface area contributed by atoms with Crippen LogP contribution in [0.25, 0.3) is 0 Å². The van der Waals surface area contributed by atoms with Gasteiger partial charge in [-0.25, -0.2) is 0 Å². The number of rotatable bonds is 1. The van der Waals surface area contributed by atoms with Crippen LogP contribution < -0.4 is 0 Å². The van der Waals surface area contributed by atoms with Crippen molar-refractivity contribution in [3.63, 3.8) is 0 Å². The fraction of sp³-hybridized carbons (Fsp3) is 1.00. The van der Waals surface area contributed by atoms with E-state index in [1.807, 2.05) is 20.8 Å². The Labute approximate surface area is 162 Å². The maximum atomic E-state index is 13.9. The molecular weight excluding hydrogens is 413 g/mol. The Kier molecular flexibility index (Phi) is 5.08. The third kappa shape index (κ3) is 2.79. The van der Waals surface area contributed by atoms with Crippen molar-refractivity contribution in [1.82, 2.24) is 0 Å². The Hall–Kier alpha value is 0.150. The molecule has 0 aromatic rings. The smallest absolute Gasteiger partial charge is 0.384 e. The third-order valence-electron chi connectivity index (χ3n) is 7.59. The van der Waals surface area contributed by atoms with E-state index in [1.54, 1.807) is 0 Å². The van der Waals surface area contributed by atoms with Crippen molar-refractivity contribution in [2.75, 3.05) is 0 Å². The summed E-state index contributed by atoms with van der Waals surface area (Å²) in [6.07, 6.45) is -3.11. The largest absolute Gasteiger partial charge is 0.427 e. The van der Waals surface area contributed by atoms with Crippen LogP contribution in [-0.4, -0.2) is 33.3 Å². The van der Waals surface area contributed by atoms with Crippen molar-refractivity contribution in [2.24, 2.45) is 29.6 Å². The van der Waals surface area contributed by atoms with E-state index >= 15 is 0 Å². The Balaban J connectivity index is 2.11. The van der Waals surface area contributed by atoms with E-state index < -0.39 is 40.0 Å². The first-order valence-corrected chi connectivity index (χ1v) is 10.4. The molecule has 1 N–H and O–H groups in total. The Bertz CT molecular complexity index is 557.